The molecule has 0 spiro atoms. The molecule has 1 aromatic carbocycles. The van der Waals surface area contributed by atoms with E-state index in [1.807, 2.05) is 32.9 Å². The van der Waals surface area contributed by atoms with Gasteiger partial charge >= 0.3 is 5.97 Å². The van der Waals surface area contributed by atoms with E-state index in [1.165, 1.54) is 43.4 Å². The molecule has 3 heteroatoms. The molecule has 1 aromatic rings. The van der Waals surface area contributed by atoms with E-state index in [9.17, 15) is 4.79 Å². The van der Waals surface area contributed by atoms with Crippen molar-refractivity contribution in [2.45, 2.75) is 74.7 Å². The van der Waals surface area contributed by atoms with Gasteiger partial charge in [-0.2, -0.15) is 0 Å². The minimum atomic E-state index is -0.458. The lowest BCUT2D eigenvalue weighted by atomic mass is 9.97. The predicted molar refractivity (Wildman–Crippen MR) is 92.4 cm³/mol. The van der Waals surface area contributed by atoms with Crippen LogP contribution in [0.15, 0.2) is 29.2 Å². The van der Waals surface area contributed by atoms with Gasteiger partial charge in [-0.15, -0.1) is 0 Å². The largest absolute Gasteiger partial charge is 0.426 e. The molecule has 0 aliphatic carbocycles. The summed E-state index contributed by atoms with van der Waals surface area (Å²) in [5, 5.41) is 1.80. The molecule has 2 heterocycles. The first-order valence-corrected chi connectivity index (χ1v) is 9.84. The number of carbonyl (C=O) groups is 1. The summed E-state index contributed by atoms with van der Waals surface area (Å²) in [6.45, 7) is 5.65. The monoisotopic (exact) mass is 319 g/mol. The molecule has 0 radical (unpaired) electrons. The first-order valence-electron chi connectivity index (χ1n) is 8.49. The topological polar surface area (TPSA) is 26.3 Å². The third kappa shape index (κ3) is 3.34. The van der Waals surface area contributed by atoms with Crippen LogP contribution in [0.1, 0.15) is 59.3 Å². The summed E-state index contributed by atoms with van der Waals surface area (Å²) in [5.41, 5.74) is -0.458. The Kier molecular flexibility index (Phi) is 4.54. The molecule has 2 aliphatic rings. The Bertz CT molecular complexity index is 507. The van der Waals surface area contributed by atoms with Gasteiger partial charge in [0.25, 0.3) is 0 Å². The highest BCUT2D eigenvalue weighted by Gasteiger charge is 2.45. The van der Waals surface area contributed by atoms with E-state index in [-0.39, 0.29) is 5.97 Å². The van der Waals surface area contributed by atoms with Crippen LogP contribution in [0.25, 0.3) is 0 Å². The molecule has 0 unspecified atom stereocenters. The highest BCUT2D eigenvalue weighted by atomic mass is 32.2. The maximum atomic E-state index is 12.0. The molecule has 0 aromatic heterocycles. The van der Waals surface area contributed by atoms with Gasteiger partial charge in [0.15, 0.2) is 4.90 Å². The molecule has 0 atom stereocenters. The summed E-state index contributed by atoms with van der Waals surface area (Å²) in [6, 6.07) is 8.36. The minimum Gasteiger partial charge on any atom is -0.426 e. The Balaban J connectivity index is 1.73. The van der Waals surface area contributed by atoms with Crippen LogP contribution in [0, 0.1) is 5.41 Å². The molecule has 0 saturated carbocycles. The van der Waals surface area contributed by atoms with Crippen LogP contribution in [-0.2, 0) is 15.7 Å². The number of rotatable bonds is 2. The summed E-state index contributed by atoms with van der Waals surface area (Å²) < 4.78 is 5.48. The molecule has 2 aliphatic heterocycles. The van der Waals surface area contributed by atoms with Crippen LogP contribution in [-0.4, -0.2) is 16.5 Å². The van der Waals surface area contributed by atoms with Gasteiger partial charge in [0.1, 0.15) is 16.2 Å². The Morgan fingerprint density at radius 1 is 1.00 bits per heavy atom. The van der Waals surface area contributed by atoms with E-state index in [0.29, 0.717) is 16.6 Å². The second kappa shape index (κ2) is 6.27. The predicted octanol–water partition coefficient (Wildman–Crippen LogP) is 4.72. The Hall–Kier alpha value is -0.960. The van der Waals surface area contributed by atoms with Crippen LogP contribution in [0.3, 0.4) is 0 Å². The van der Waals surface area contributed by atoms with Crippen LogP contribution >= 0.6 is 0 Å². The molecule has 0 N–H and O–H groups in total. The van der Waals surface area contributed by atoms with Gasteiger partial charge in [0.2, 0.25) is 0 Å². The third-order valence-corrected chi connectivity index (χ3v) is 7.94. The Morgan fingerprint density at radius 2 is 1.50 bits per heavy atom. The normalized spacial score (nSPS) is 28.2. The van der Waals surface area contributed by atoms with Gasteiger partial charge in [-0.3, -0.25) is 4.79 Å². The number of hydrogen-bond donors (Lipinski definition) is 0. The number of fused-ring (bicyclic) bond motifs is 2. The molecule has 2 saturated heterocycles. The number of hydrogen-bond acceptors (Lipinski definition) is 2. The number of benzene rings is 1. The number of esters is 1. The van der Waals surface area contributed by atoms with Crippen molar-refractivity contribution in [1.29, 1.82) is 0 Å². The van der Waals surface area contributed by atoms with Gasteiger partial charge in [0.05, 0.1) is 5.41 Å². The minimum absolute atomic E-state index is 0.169. The zero-order valence-electron chi connectivity index (χ0n) is 13.9. The van der Waals surface area contributed by atoms with Crippen LogP contribution in [0.5, 0.6) is 5.75 Å². The molecule has 2 fully saturated rings. The van der Waals surface area contributed by atoms with Crippen molar-refractivity contribution in [3.05, 3.63) is 24.3 Å². The molecule has 0 amide bonds. The molecule has 2 bridgehead atoms. The van der Waals surface area contributed by atoms with Gasteiger partial charge in [-0.1, -0.05) is 0 Å². The number of carbonyl (C=O) groups excluding carboxylic acids is 1. The summed E-state index contributed by atoms with van der Waals surface area (Å²) in [6.07, 6.45) is 8.45. The van der Waals surface area contributed by atoms with Gasteiger partial charge in [-0.05, 0) is 83.6 Å². The highest BCUT2D eigenvalue weighted by molar-refractivity contribution is 7.98. The molecule has 3 rings (SSSR count). The third-order valence-electron chi connectivity index (χ3n) is 4.74. The summed E-state index contributed by atoms with van der Waals surface area (Å²) >= 11 is 0. The van der Waals surface area contributed by atoms with E-state index in [4.69, 9.17) is 4.74 Å². The first kappa shape index (κ1) is 15.9. The second-order valence-corrected chi connectivity index (χ2v) is 10.1. The van der Waals surface area contributed by atoms with Gasteiger partial charge in [-0.25, -0.2) is 0 Å². The molecule has 120 valence electrons. The van der Waals surface area contributed by atoms with Crippen LogP contribution < -0.4 is 4.74 Å². The highest BCUT2D eigenvalue weighted by Crippen LogP contribution is 2.42. The van der Waals surface area contributed by atoms with E-state index < -0.39 is 5.41 Å². The van der Waals surface area contributed by atoms with Gasteiger partial charge < -0.3 is 4.74 Å². The van der Waals surface area contributed by atoms with E-state index in [0.717, 1.165) is 10.5 Å². The fraction of sp³-hybridized carbons (Fsp3) is 0.632. The SMILES string of the molecule is CC(C)(C)C(=O)Oc1ccc([S+]2C3CCCC2CCC3)cc1. The van der Waals surface area contributed by atoms with Crippen molar-refractivity contribution in [3.63, 3.8) is 0 Å². The Labute approximate surface area is 137 Å². The lowest BCUT2D eigenvalue weighted by Crippen LogP contribution is -2.40. The fourth-order valence-electron chi connectivity index (χ4n) is 3.52. The van der Waals surface area contributed by atoms with Crippen molar-refractivity contribution < 1.29 is 9.53 Å². The zero-order valence-corrected chi connectivity index (χ0v) is 14.7. The summed E-state index contributed by atoms with van der Waals surface area (Å²) in [7, 11) is 0.418. The second-order valence-electron chi connectivity index (χ2n) is 7.59. The smallest absolute Gasteiger partial charge is 0.316 e. The van der Waals surface area contributed by atoms with E-state index >= 15 is 0 Å². The fourth-order valence-corrected chi connectivity index (χ4v) is 6.97. The van der Waals surface area contributed by atoms with Crippen molar-refractivity contribution in [2.75, 3.05) is 0 Å². The quantitative estimate of drug-likeness (QED) is 0.448. The van der Waals surface area contributed by atoms with E-state index in [2.05, 4.69) is 12.1 Å². The molecular formula is C19H27O2S+. The summed E-state index contributed by atoms with van der Waals surface area (Å²) in [5.74, 6) is 0.506. The Morgan fingerprint density at radius 3 is 1.95 bits per heavy atom. The summed E-state index contributed by atoms with van der Waals surface area (Å²) in [4.78, 5) is 13.4. The zero-order chi connectivity index (χ0) is 15.7. The average molecular weight is 319 g/mol. The molecule has 22 heavy (non-hydrogen) atoms. The van der Waals surface area contributed by atoms with E-state index in [1.54, 1.807) is 0 Å². The molecule has 2 nitrogen and oxygen atoms in total. The van der Waals surface area contributed by atoms with Gasteiger partial charge in [0, 0.05) is 10.9 Å². The van der Waals surface area contributed by atoms with Crippen molar-refractivity contribution in [3.8, 4) is 5.75 Å². The van der Waals surface area contributed by atoms with Crippen LogP contribution in [0.2, 0.25) is 0 Å². The van der Waals surface area contributed by atoms with Crippen molar-refractivity contribution in [2.24, 2.45) is 5.41 Å². The van der Waals surface area contributed by atoms with Crippen LogP contribution in [0.4, 0.5) is 0 Å². The first-order chi connectivity index (χ1) is 10.4. The average Bonchev–Trinajstić information content (AvgIpc) is 2.46. The maximum Gasteiger partial charge on any atom is 0.316 e. The van der Waals surface area contributed by atoms with Crippen molar-refractivity contribution >= 4 is 16.9 Å². The standard InChI is InChI=1S/C19H27O2S/c1-19(2,3)18(20)21-14-10-12-17(13-11-14)22-15-6-4-7-16(22)9-5-8-15/h10-13,15-16H,4-9H2,1-3H3/q+1. The lowest BCUT2D eigenvalue weighted by molar-refractivity contribution is -0.142. The van der Waals surface area contributed by atoms with Crippen molar-refractivity contribution in [1.82, 2.24) is 0 Å². The molecular weight excluding hydrogens is 292 g/mol. The number of ether oxygens (including phenoxy) is 1. The maximum absolute atomic E-state index is 12.0. The lowest BCUT2D eigenvalue weighted by Gasteiger charge is -2.34.